The van der Waals surface area contributed by atoms with E-state index >= 15 is 0 Å². The Kier molecular flexibility index (Phi) is 7.73. The second-order valence-corrected chi connectivity index (χ2v) is 4.74. The van der Waals surface area contributed by atoms with E-state index in [9.17, 15) is 13.2 Å². The third-order valence-electron chi connectivity index (χ3n) is 2.99. The lowest BCUT2D eigenvalue weighted by Gasteiger charge is -2.27. The van der Waals surface area contributed by atoms with E-state index in [1.54, 1.807) is 6.07 Å². The molecule has 2 rings (SSSR count). The van der Waals surface area contributed by atoms with Gasteiger partial charge in [0.25, 0.3) is 0 Å². The van der Waals surface area contributed by atoms with E-state index in [-0.39, 0.29) is 36.6 Å². The van der Waals surface area contributed by atoms with E-state index in [1.807, 2.05) is 18.2 Å². The van der Waals surface area contributed by atoms with Gasteiger partial charge in [-0.1, -0.05) is 12.1 Å². The van der Waals surface area contributed by atoms with Crippen LogP contribution in [0.4, 0.5) is 13.2 Å². The van der Waals surface area contributed by atoms with E-state index in [0.717, 1.165) is 0 Å². The minimum absolute atomic E-state index is 0. The molecule has 0 saturated heterocycles. The summed E-state index contributed by atoms with van der Waals surface area (Å²) in [5.74, 6) is 1.64. The zero-order valence-corrected chi connectivity index (χ0v) is 14.9. The highest BCUT2D eigenvalue weighted by Gasteiger charge is 2.26. The van der Waals surface area contributed by atoms with Crippen molar-refractivity contribution in [3.8, 4) is 11.5 Å². The fourth-order valence-corrected chi connectivity index (χ4v) is 1.92. The molecular formula is C14H19F3IN3O2. The molecule has 0 saturated carbocycles. The van der Waals surface area contributed by atoms with Gasteiger partial charge in [0.2, 0.25) is 0 Å². The fraction of sp³-hybridized carbons (Fsp3) is 0.500. The van der Waals surface area contributed by atoms with Crippen LogP contribution in [0.15, 0.2) is 29.3 Å². The molecular weight excluding hydrogens is 426 g/mol. The van der Waals surface area contributed by atoms with Gasteiger partial charge < -0.3 is 20.1 Å². The van der Waals surface area contributed by atoms with Crippen LogP contribution in [-0.4, -0.2) is 45.0 Å². The van der Waals surface area contributed by atoms with Crippen molar-refractivity contribution in [2.75, 3.05) is 26.7 Å². The summed E-state index contributed by atoms with van der Waals surface area (Å²) in [7, 11) is 1.50. The van der Waals surface area contributed by atoms with Crippen LogP contribution in [0.5, 0.6) is 11.5 Å². The highest BCUT2D eigenvalue weighted by atomic mass is 127. The Hall–Kier alpha value is -1.39. The van der Waals surface area contributed by atoms with Crippen LogP contribution in [0.3, 0.4) is 0 Å². The molecule has 1 unspecified atom stereocenters. The minimum atomic E-state index is -4.18. The zero-order chi connectivity index (χ0) is 16.0. The maximum Gasteiger partial charge on any atom is 0.390 e. The fourth-order valence-electron chi connectivity index (χ4n) is 1.92. The van der Waals surface area contributed by atoms with Crippen molar-refractivity contribution >= 4 is 29.9 Å². The van der Waals surface area contributed by atoms with Crippen molar-refractivity contribution < 1.29 is 22.6 Å². The highest BCUT2D eigenvalue weighted by molar-refractivity contribution is 14.0. The number of nitrogens with zero attached hydrogens (tertiary/aromatic N) is 1. The molecule has 0 aliphatic carbocycles. The SMILES string of the molecule is CN=C(NCCC(F)(F)F)NCC1COc2ccccc2O1.I. The van der Waals surface area contributed by atoms with Gasteiger partial charge >= 0.3 is 6.18 Å². The van der Waals surface area contributed by atoms with Gasteiger partial charge in [0, 0.05) is 13.6 Å². The molecule has 1 aromatic rings. The summed E-state index contributed by atoms with van der Waals surface area (Å²) < 4.78 is 47.6. The van der Waals surface area contributed by atoms with Gasteiger partial charge in [-0.15, -0.1) is 24.0 Å². The first-order valence-electron chi connectivity index (χ1n) is 6.87. The molecule has 130 valence electrons. The first-order chi connectivity index (χ1) is 10.5. The largest absolute Gasteiger partial charge is 0.486 e. The monoisotopic (exact) mass is 445 g/mol. The molecule has 2 N–H and O–H groups in total. The van der Waals surface area contributed by atoms with Gasteiger partial charge in [0.05, 0.1) is 13.0 Å². The molecule has 1 aromatic carbocycles. The number of hydrogen-bond acceptors (Lipinski definition) is 3. The van der Waals surface area contributed by atoms with Crippen LogP contribution in [0.2, 0.25) is 0 Å². The van der Waals surface area contributed by atoms with Crippen molar-refractivity contribution in [3.05, 3.63) is 24.3 Å². The van der Waals surface area contributed by atoms with Gasteiger partial charge in [-0.2, -0.15) is 13.2 Å². The number of nitrogens with one attached hydrogen (secondary N) is 2. The molecule has 0 fully saturated rings. The predicted molar refractivity (Wildman–Crippen MR) is 91.8 cm³/mol. The second-order valence-electron chi connectivity index (χ2n) is 4.74. The van der Waals surface area contributed by atoms with Crippen molar-refractivity contribution in [3.63, 3.8) is 0 Å². The quantitative estimate of drug-likeness (QED) is 0.425. The number of benzene rings is 1. The number of ether oxygens (including phenoxy) is 2. The number of fused-ring (bicyclic) bond motifs is 1. The van der Waals surface area contributed by atoms with Gasteiger partial charge in [0.1, 0.15) is 12.7 Å². The van der Waals surface area contributed by atoms with Gasteiger partial charge in [-0.05, 0) is 12.1 Å². The van der Waals surface area contributed by atoms with Gasteiger partial charge in [-0.3, -0.25) is 4.99 Å². The number of alkyl halides is 3. The Morgan fingerprint density at radius 3 is 2.61 bits per heavy atom. The third kappa shape index (κ3) is 6.71. The van der Waals surface area contributed by atoms with Crippen LogP contribution in [-0.2, 0) is 0 Å². The Morgan fingerprint density at radius 2 is 1.96 bits per heavy atom. The van der Waals surface area contributed by atoms with E-state index in [2.05, 4.69) is 15.6 Å². The summed E-state index contributed by atoms with van der Waals surface area (Å²) in [6, 6.07) is 7.32. The van der Waals surface area contributed by atoms with Crippen LogP contribution < -0.4 is 20.1 Å². The number of hydrogen-bond donors (Lipinski definition) is 2. The minimum Gasteiger partial charge on any atom is -0.486 e. The van der Waals surface area contributed by atoms with E-state index in [0.29, 0.717) is 30.6 Å². The molecule has 9 heteroatoms. The van der Waals surface area contributed by atoms with Crippen LogP contribution in [0.1, 0.15) is 6.42 Å². The molecule has 1 aliphatic rings. The summed E-state index contributed by atoms with van der Waals surface area (Å²) in [6.07, 6.45) is -5.34. The van der Waals surface area contributed by atoms with E-state index in [1.165, 1.54) is 7.05 Å². The van der Waals surface area contributed by atoms with Crippen molar-refractivity contribution in [2.24, 2.45) is 4.99 Å². The van der Waals surface area contributed by atoms with Crippen LogP contribution >= 0.6 is 24.0 Å². The van der Waals surface area contributed by atoms with Crippen LogP contribution in [0.25, 0.3) is 0 Å². The summed E-state index contributed by atoms with van der Waals surface area (Å²) in [6.45, 7) is 0.512. The molecule has 23 heavy (non-hydrogen) atoms. The molecule has 0 spiro atoms. The lowest BCUT2D eigenvalue weighted by Crippen LogP contribution is -2.45. The predicted octanol–water partition coefficient (Wildman–Crippen LogP) is 2.56. The topological polar surface area (TPSA) is 54.9 Å². The average molecular weight is 445 g/mol. The molecule has 5 nitrogen and oxygen atoms in total. The Bertz CT molecular complexity index is 526. The maximum atomic E-state index is 12.1. The van der Waals surface area contributed by atoms with Gasteiger partial charge in [-0.25, -0.2) is 0 Å². The van der Waals surface area contributed by atoms with Crippen molar-refractivity contribution in [2.45, 2.75) is 18.7 Å². The number of aliphatic imine (C=N–C) groups is 1. The molecule has 1 atom stereocenters. The first kappa shape index (κ1) is 19.7. The number of guanidine groups is 1. The summed E-state index contributed by atoms with van der Waals surface area (Å²) in [5.41, 5.74) is 0. The summed E-state index contributed by atoms with van der Waals surface area (Å²) >= 11 is 0. The molecule has 0 radical (unpaired) electrons. The maximum absolute atomic E-state index is 12.1. The number of para-hydroxylation sites is 2. The van der Waals surface area contributed by atoms with Gasteiger partial charge in [0.15, 0.2) is 17.5 Å². The highest BCUT2D eigenvalue weighted by Crippen LogP contribution is 2.30. The summed E-state index contributed by atoms with van der Waals surface area (Å²) in [5, 5.41) is 5.53. The van der Waals surface area contributed by atoms with Crippen molar-refractivity contribution in [1.29, 1.82) is 0 Å². The number of halogens is 4. The molecule has 0 amide bonds. The van der Waals surface area contributed by atoms with E-state index < -0.39 is 12.6 Å². The number of rotatable bonds is 4. The third-order valence-corrected chi connectivity index (χ3v) is 2.99. The smallest absolute Gasteiger partial charge is 0.390 e. The van der Waals surface area contributed by atoms with E-state index in [4.69, 9.17) is 9.47 Å². The molecule has 0 aromatic heterocycles. The summed E-state index contributed by atoms with van der Waals surface area (Å²) in [4.78, 5) is 3.87. The normalized spacial score (nSPS) is 17.2. The van der Waals surface area contributed by atoms with Crippen LogP contribution in [0, 0.1) is 0 Å². The Morgan fingerprint density at radius 1 is 1.26 bits per heavy atom. The first-order valence-corrected chi connectivity index (χ1v) is 6.87. The zero-order valence-electron chi connectivity index (χ0n) is 12.5. The molecule has 1 aliphatic heterocycles. The lowest BCUT2D eigenvalue weighted by atomic mass is 10.2. The van der Waals surface area contributed by atoms with Crippen molar-refractivity contribution in [1.82, 2.24) is 10.6 Å². The Balaban J connectivity index is 0.00000264. The molecule has 1 heterocycles. The lowest BCUT2D eigenvalue weighted by molar-refractivity contribution is -0.132. The second kappa shape index (κ2) is 9.04. The Labute approximate surface area is 149 Å². The molecule has 0 bridgehead atoms. The average Bonchev–Trinajstić information content (AvgIpc) is 2.49. The standard InChI is InChI=1S/C14H18F3N3O2.HI/c1-18-13(19-7-6-14(15,16)17)20-8-10-9-21-11-4-2-3-5-12(11)22-10;/h2-5,10H,6-9H2,1H3,(H2,18,19,20);1H.